The van der Waals surface area contributed by atoms with Gasteiger partial charge in [-0.2, -0.15) is 0 Å². The minimum absolute atomic E-state index is 0.0897. The van der Waals surface area contributed by atoms with E-state index >= 15 is 0 Å². The van der Waals surface area contributed by atoms with Gasteiger partial charge in [-0.15, -0.1) is 0 Å². The van der Waals surface area contributed by atoms with Gasteiger partial charge in [0.2, 0.25) is 11.8 Å². The Labute approximate surface area is 234 Å². The Bertz CT molecular complexity index is 1330. The third kappa shape index (κ3) is 7.23. The van der Waals surface area contributed by atoms with Gasteiger partial charge in [-0.25, -0.2) is 8.42 Å². The highest BCUT2D eigenvalue weighted by Gasteiger charge is 2.33. The van der Waals surface area contributed by atoms with Crippen LogP contribution in [-0.2, 0) is 32.6 Å². The van der Waals surface area contributed by atoms with Crippen LogP contribution in [-0.4, -0.2) is 44.3 Å². The largest absolute Gasteiger partial charge is 0.354 e. The number of nitrogens with one attached hydrogen (secondary N) is 1. The molecule has 0 aromatic heterocycles. The second-order valence-electron chi connectivity index (χ2n) is 8.92. The number of benzene rings is 3. The molecule has 0 aliphatic rings. The Morgan fingerprint density at radius 3 is 2.18 bits per heavy atom. The van der Waals surface area contributed by atoms with E-state index in [1.165, 1.54) is 17.0 Å². The van der Waals surface area contributed by atoms with Gasteiger partial charge in [0.05, 0.1) is 10.6 Å². The normalized spacial score (nSPS) is 12.0. The minimum Gasteiger partial charge on any atom is -0.354 e. The van der Waals surface area contributed by atoms with Gasteiger partial charge in [0.15, 0.2) is 0 Å². The first kappa shape index (κ1) is 29.4. The van der Waals surface area contributed by atoms with E-state index in [0.717, 1.165) is 26.3 Å². The Balaban J connectivity index is 2.04. The number of para-hydroxylation sites is 1. The van der Waals surface area contributed by atoms with E-state index < -0.39 is 28.5 Å². The zero-order chi connectivity index (χ0) is 27.7. The number of hydrogen-bond acceptors (Lipinski definition) is 4. The third-order valence-corrected chi connectivity index (χ3v) is 8.54. The third-order valence-electron chi connectivity index (χ3n) is 6.23. The van der Waals surface area contributed by atoms with Gasteiger partial charge >= 0.3 is 0 Å². The van der Waals surface area contributed by atoms with Gasteiger partial charge in [-0.05, 0) is 61.2 Å². The summed E-state index contributed by atoms with van der Waals surface area (Å²) < 4.78 is 29.8. The predicted octanol–water partition coefficient (Wildman–Crippen LogP) is 5.15. The van der Waals surface area contributed by atoms with Gasteiger partial charge in [-0.3, -0.25) is 13.9 Å². The highest BCUT2D eigenvalue weighted by atomic mass is 79.9. The first-order chi connectivity index (χ1) is 18.2. The summed E-state index contributed by atoms with van der Waals surface area (Å²) in [5, 5.41) is 2.85. The Hall–Kier alpha value is -3.17. The number of nitrogens with zero attached hydrogens (tertiary/aromatic N) is 2. The number of carbonyl (C=O) groups excluding carboxylic acids is 2. The van der Waals surface area contributed by atoms with E-state index in [9.17, 15) is 18.0 Å². The van der Waals surface area contributed by atoms with Crippen molar-refractivity contribution in [2.75, 3.05) is 17.4 Å². The molecule has 0 saturated carbocycles. The van der Waals surface area contributed by atoms with Crippen molar-refractivity contribution in [3.63, 3.8) is 0 Å². The highest BCUT2D eigenvalue weighted by Crippen LogP contribution is 2.28. The summed E-state index contributed by atoms with van der Waals surface area (Å²) in [5.41, 5.74) is 2.06. The molecule has 3 rings (SSSR count). The first-order valence-electron chi connectivity index (χ1n) is 12.7. The molecule has 0 fully saturated rings. The van der Waals surface area contributed by atoms with Crippen LogP contribution >= 0.6 is 15.9 Å². The molecule has 9 heteroatoms. The quantitative estimate of drug-likeness (QED) is 0.312. The molecule has 1 atom stereocenters. The summed E-state index contributed by atoms with van der Waals surface area (Å²) in [6, 6.07) is 21.9. The van der Waals surface area contributed by atoms with E-state index in [2.05, 4.69) is 21.2 Å². The number of hydrogen-bond donors (Lipinski definition) is 1. The lowest BCUT2D eigenvalue weighted by atomic mass is 10.1. The smallest absolute Gasteiger partial charge is 0.264 e. The van der Waals surface area contributed by atoms with Crippen LogP contribution in [0.15, 0.2) is 88.2 Å². The first-order valence-corrected chi connectivity index (χ1v) is 14.9. The van der Waals surface area contributed by atoms with E-state index in [0.29, 0.717) is 18.7 Å². The average molecular weight is 601 g/mol. The van der Waals surface area contributed by atoms with Crippen molar-refractivity contribution < 1.29 is 18.0 Å². The van der Waals surface area contributed by atoms with E-state index in [4.69, 9.17) is 0 Å². The molecule has 0 saturated heterocycles. The Morgan fingerprint density at radius 2 is 1.55 bits per heavy atom. The van der Waals surface area contributed by atoms with Crippen LogP contribution < -0.4 is 9.62 Å². The lowest BCUT2D eigenvalue weighted by molar-refractivity contribution is -0.139. The molecule has 0 aliphatic carbocycles. The molecule has 38 heavy (non-hydrogen) atoms. The monoisotopic (exact) mass is 599 g/mol. The van der Waals surface area contributed by atoms with Crippen molar-refractivity contribution in [2.45, 2.75) is 51.1 Å². The molecule has 0 heterocycles. The van der Waals surface area contributed by atoms with Crippen LogP contribution in [0.4, 0.5) is 5.69 Å². The van der Waals surface area contributed by atoms with E-state index in [-0.39, 0.29) is 17.3 Å². The van der Waals surface area contributed by atoms with E-state index in [1.807, 2.05) is 50.2 Å². The molecule has 0 bridgehead atoms. The lowest BCUT2D eigenvalue weighted by Crippen LogP contribution is -2.51. The molecular formula is C29H34BrN3O4S. The summed E-state index contributed by atoms with van der Waals surface area (Å²) in [6.07, 6.45) is 1.35. The van der Waals surface area contributed by atoms with E-state index in [1.54, 1.807) is 37.3 Å². The number of sulfonamides is 1. The van der Waals surface area contributed by atoms with Gasteiger partial charge in [0, 0.05) is 17.6 Å². The van der Waals surface area contributed by atoms with Gasteiger partial charge in [0.1, 0.15) is 12.6 Å². The zero-order valence-corrected chi connectivity index (χ0v) is 24.3. The summed E-state index contributed by atoms with van der Waals surface area (Å²) in [6.45, 7) is 5.75. The van der Waals surface area contributed by atoms with Crippen molar-refractivity contribution in [3.05, 3.63) is 94.5 Å². The second kappa shape index (κ2) is 13.6. The Morgan fingerprint density at radius 1 is 0.921 bits per heavy atom. The fourth-order valence-electron chi connectivity index (χ4n) is 4.05. The summed E-state index contributed by atoms with van der Waals surface area (Å²) in [7, 11) is -4.07. The van der Waals surface area contributed by atoms with Crippen LogP contribution in [0, 0.1) is 0 Å². The lowest BCUT2D eigenvalue weighted by Gasteiger charge is -2.32. The fraction of sp³-hybridized carbons (Fsp3) is 0.310. The number of amides is 2. The molecule has 0 radical (unpaired) electrons. The van der Waals surface area contributed by atoms with Crippen molar-refractivity contribution in [3.8, 4) is 0 Å². The summed E-state index contributed by atoms with van der Waals surface area (Å²) >= 11 is 3.42. The zero-order valence-electron chi connectivity index (χ0n) is 21.9. The van der Waals surface area contributed by atoms with Crippen molar-refractivity contribution in [2.24, 2.45) is 0 Å². The van der Waals surface area contributed by atoms with Crippen LogP contribution in [0.2, 0.25) is 0 Å². The number of halogens is 1. The average Bonchev–Trinajstić information content (AvgIpc) is 2.94. The number of carbonyl (C=O) groups is 2. The van der Waals surface area contributed by atoms with Crippen LogP contribution in [0.5, 0.6) is 0 Å². The van der Waals surface area contributed by atoms with Crippen molar-refractivity contribution in [1.82, 2.24) is 10.2 Å². The topological polar surface area (TPSA) is 86.8 Å². The molecule has 0 spiro atoms. The number of anilines is 1. The van der Waals surface area contributed by atoms with Gasteiger partial charge < -0.3 is 10.2 Å². The van der Waals surface area contributed by atoms with Crippen LogP contribution in [0.3, 0.4) is 0 Å². The molecule has 202 valence electrons. The standard InChI is InChI=1S/C29H34BrN3O4S/c1-4-19-31-29(35)22(3)32(20-23-15-17-25(30)18-16-23)28(34)21-33(27-14-10-9-11-24(27)5-2)38(36,37)26-12-7-6-8-13-26/h6-18,22H,4-5,19-21H2,1-3H3,(H,31,35)/t22-/m0/s1. The van der Waals surface area contributed by atoms with Gasteiger partial charge in [-0.1, -0.05) is 78.3 Å². The molecule has 0 aliphatic heterocycles. The van der Waals surface area contributed by atoms with Crippen LogP contribution in [0.25, 0.3) is 0 Å². The highest BCUT2D eigenvalue weighted by molar-refractivity contribution is 9.10. The predicted molar refractivity (Wildman–Crippen MR) is 154 cm³/mol. The summed E-state index contributed by atoms with van der Waals surface area (Å²) in [5.74, 6) is -0.763. The SMILES string of the molecule is CCCNC(=O)[C@H](C)N(Cc1ccc(Br)cc1)C(=O)CN(c1ccccc1CC)S(=O)(=O)c1ccccc1. The maximum absolute atomic E-state index is 13.9. The molecule has 3 aromatic rings. The van der Waals surface area contributed by atoms with Crippen molar-refractivity contribution in [1.29, 1.82) is 0 Å². The molecule has 7 nitrogen and oxygen atoms in total. The molecule has 0 unspecified atom stereocenters. The Kier molecular flexibility index (Phi) is 10.5. The maximum Gasteiger partial charge on any atom is 0.264 e. The van der Waals surface area contributed by atoms with Crippen LogP contribution in [0.1, 0.15) is 38.3 Å². The molecule has 3 aromatic carbocycles. The maximum atomic E-state index is 13.9. The molecule has 2 amide bonds. The second-order valence-corrected chi connectivity index (χ2v) is 11.7. The fourth-order valence-corrected chi connectivity index (χ4v) is 5.79. The van der Waals surface area contributed by atoms with Crippen molar-refractivity contribution >= 4 is 43.5 Å². The van der Waals surface area contributed by atoms with Gasteiger partial charge in [0.25, 0.3) is 10.0 Å². The number of aryl methyl sites for hydroxylation is 1. The number of rotatable bonds is 12. The molecular weight excluding hydrogens is 566 g/mol. The minimum atomic E-state index is -4.07. The molecule has 1 N–H and O–H groups in total. The summed E-state index contributed by atoms with van der Waals surface area (Å²) in [4.78, 5) is 28.4.